The quantitative estimate of drug-likeness (QED) is 0.872. The normalized spacial score (nSPS) is 20.4. The van der Waals surface area contributed by atoms with Crippen LogP contribution in [0.25, 0.3) is 0 Å². The molecule has 0 saturated carbocycles. The first-order valence-electron chi connectivity index (χ1n) is 5.72. The molecule has 0 aromatic carbocycles. The van der Waals surface area contributed by atoms with Crippen molar-refractivity contribution in [1.29, 1.82) is 0 Å². The van der Waals surface area contributed by atoms with Crippen molar-refractivity contribution in [1.82, 2.24) is 9.88 Å². The third kappa shape index (κ3) is 2.96. The van der Waals surface area contributed by atoms with Crippen molar-refractivity contribution in [3.8, 4) is 0 Å². The molecule has 1 fully saturated rings. The molecule has 2 rings (SSSR count). The number of aliphatic hydroxyl groups is 1. The lowest BCUT2D eigenvalue weighted by molar-refractivity contribution is 0.0615. The van der Waals surface area contributed by atoms with Crippen LogP contribution in [0, 0.1) is 5.92 Å². The Hall–Kier alpha value is -1.13. The smallest absolute Gasteiger partial charge is 0.272 e. The van der Waals surface area contributed by atoms with Crippen LogP contribution in [0.2, 0.25) is 5.02 Å². The minimum Gasteiger partial charge on any atom is -0.396 e. The first kappa shape index (κ1) is 12.3. The zero-order chi connectivity index (χ0) is 12.3. The van der Waals surface area contributed by atoms with E-state index in [-0.39, 0.29) is 18.4 Å². The summed E-state index contributed by atoms with van der Waals surface area (Å²) in [7, 11) is 0. The molecule has 5 heteroatoms. The van der Waals surface area contributed by atoms with Crippen molar-refractivity contribution in [2.45, 2.75) is 12.8 Å². The van der Waals surface area contributed by atoms with E-state index in [1.165, 1.54) is 6.20 Å². The molecule has 1 aliphatic heterocycles. The number of pyridine rings is 1. The molecule has 1 atom stereocenters. The molecule has 4 nitrogen and oxygen atoms in total. The van der Waals surface area contributed by atoms with Gasteiger partial charge in [-0.2, -0.15) is 0 Å². The molecule has 92 valence electrons. The van der Waals surface area contributed by atoms with E-state index in [0.717, 1.165) is 19.4 Å². The summed E-state index contributed by atoms with van der Waals surface area (Å²) in [5.74, 6) is 0.111. The number of piperidine rings is 1. The van der Waals surface area contributed by atoms with E-state index in [4.69, 9.17) is 16.7 Å². The van der Waals surface area contributed by atoms with E-state index in [9.17, 15) is 4.79 Å². The molecule has 1 amide bonds. The highest BCUT2D eigenvalue weighted by Gasteiger charge is 2.24. The second kappa shape index (κ2) is 5.47. The van der Waals surface area contributed by atoms with Gasteiger partial charge in [0.25, 0.3) is 5.91 Å². The van der Waals surface area contributed by atoms with Crippen LogP contribution in [-0.2, 0) is 0 Å². The highest BCUT2D eigenvalue weighted by Crippen LogP contribution is 2.18. The fraction of sp³-hybridized carbons (Fsp3) is 0.500. The van der Waals surface area contributed by atoms with Crippen molar-refractivity contribution < 1.29 is 9.90 Å². The summed E-state index contributed by atoms with van der Waals surface area (Å²) in [6.07, 6.45) is 3.39. The second-order valence-electron chi connectivity index (χ2n) is 4.30. The monoisotopic (exact) mass is 254 g/mol. The predicted octanol–water partition coefficient (Wildman–Crippen LogP) is 1.58. The maximum absolute atomic E-state index is 12.1. The molecule has 1 aliphatic rings. The number of aromatic nitrogens is 1. The summed E-state index contributed by atoms with van der Waals surface area (Å²) >= 11 is 5.73. The first-order valence-corrected chi connectivity index (χ1v) is 6.10. The lowest BCUT2D eigenvalue weighted by Gasteiger charge is -2.31. The van der Waals surface area contributed by atoms with E-state index < -0.39 is 0 Å². The summed E-state index contributed by atoms with van der Waals surface area (Å²) in [6, 6.07) is 3.29. The van der Waals surface area contributed by atoms with Crippen LogP contribution < -0.4 is 0 Å². The Balaban J connectivity index is 2.06. The number of halogens is 1. The molecule has 0 radical (unpaired) electrons. The molecule has 1 aromatic rings. The fourth-order valence-electron chi connectivity index (χ4n) is 2.06. The number of hydrogen-bond acceptors (Lipinski definition) is 3. The SMILES string of the molecule is O=C(c1ccc(Cl)cn1)N1CCCC(CO)C1. The molecule has 0 spiro atoms. The van der Waals surface area contributed by atoms with Crippen LogP contribution >= 0.6 is 11.6 Å². The molecular formula is C12H15ClN2O2. The van der Waals surface area contributed by atoms with Gasteiger partial charge in [-0.3, -0.25) is 4.79 Å². The number of hydrogen-bond donors (Lipinski definition) is 1. The van der Waals surface area contributed by atoms with E-state index in [1.54, 1.807) is 17.0 Å². The Bertz CT molecular complexity index is 394. The van der Waals surface area contributed by atoms with Gasteiger partial charge in [0.15, 0.2) is 0 Å². The van der Waals surface area contributed by atoms with Gasteiger partial charge in [0.05, 0.1) is 5.02 Å². The minimum atomic E-state index is -0.0835. The fourth-order valence-corrected chi connectivity index (χ4v) is 2.17. The lowest BCUT2D eigenvalue weighted by Crippen LogP contribution is -2.41. The summed E-state index contributed by atoms with van der Waals surface area (Å²) in [5.41, 5.74) is 0.410. The number of rotatable bonds is 2. The maximum atomic E-state index is 12.1. The Labute approximate surface area is 105 Å². The molecule has 1 unspecified atom stereocenters. The molecule has 17 heavy (non-hydrogen) atoms. The predicted molar refractivity (Wildman–Crippen MR) is 65.0 cm³/mol. The summed E-state index contributed by atoms with van der Waals surface area (Å²) in [4.78, 5) is 17.9. The Morgan fingerprint density at radius 1 is 1.59 bits per heavy atom. The molecular weight excluding hydrogens is 240 g/mol. The van der Waals surface area contributed by atoms with Crippen LogP contribution in [0.15, 0.2) is 18.3 Å². The summed E-state index contributed by atoms with van der Waals surface area (Å²) in [5, 5.41) is 9.65. The zero-order valence-corrected chi connectivity index (χ0v) is 10.2. The standard InChI is InChI=1S/C12H15ClN2O2/c13-10-3-4-11(14-6-10)12(17)15-5-1-2-9(7-15)8-16/h3-4,6,9,16H,1-2,5,7-8H2. The van der Waals surface area contributed by atoms with Crippen LogP contribution in [0.4, 0.5) is 0 Å². The number of aliphatic hydroxyl groups excluding tert-OH is 1. The van der Waals surface area contributed by atoms with Crippen molar-refractivity contribution in [3.63, 3.8) is 0 Å². The average molecular weight is 255 g/mol. The van der Waals surface area contributed by atoms with Crippen LogP contribution in [0.5, 0.6) is 0 Å². The molecule has 1 saturated heterocycles. The van der Waals surface area contributed by atoms with Crippen molar-refractivity contribution in [3.05, 3.63) is 29.0 Å². The molecule has 2 heterocycles. The zero-order valence-electron chi connectivity index (χ0n) is 9.47. The van der Waals surface area contributed by atoms with Gasteiger partial charge in [-0.05, 0) is 30.9 Å². The van der Waals surface area contributed by atoms with E-state index >= 15 is 0 Å². The maximum Gasteiger partial charge on any atom is 0.272 e. The second-order valence-corrected chi connectivity index (χ2v) is 4.74. The number of nitrogens with zero attached hydrogens (tertiary/aromatic N) is 2. The van der Waals surface area contributed by atoms with E-state index in [1.807, 2.05) is 0 Å². The minimum absolute atomic E-state index is 0.0835. The van der Waals surface area contributed by atoms with Crippen molar-refractivity contribution in [2.24, 2.45) is 5.92 Å². The number of likely N-dealkylation sites (tertiary alicyclic amines) is 1. The topological polar surface area (TPSA) is 53.4 Å². The summed E-state index contributed by atoms with van der Waals surface area (Å²) < 4.78 is 0. The van der Waals surface area contributed by atoms with Gasteiger partial charge in [-0.15, -0.1) is 0 Å². The lowest BCUT2D eigenvalue weighted by atomic mass is 9.99. The Morgan fingerprint density at radius 3 is 3.06 bits per heavy atom. The van der Waals surface area contributed by atoms with Crippen LogP contribution in [0.1, 0.15) is 23.3 Å². The number of carbonyl (C=O) groups is 1. The van der Waals surface area contributed by atoms with Crippen LogP contribution in [-0.4, -0.2) is 40.6 Å². The largest absolute Gasteiger partial charge is 0.396 e. The number of amides is 1. The van der Waals surface area contributed by atoms with Crippen molar-refractivity contribution in [2.75, 3.05) is 19.7 Å². The van der Waals surface area contributed by atoms with E-state index in [2.05, 4.69) is 4.98 Å². The Morgan fingerprint density at radius 2 is 2.41 bits per heavy atom. The molecule has 0 bridgehead atoms. The van der Waals surface area contributed by atoms with Gasteiger partial charge in [0.1, 0.15) is 5.69 Å². The average Bonchev–Trinajstić information content (AvgIpc) is 2.39. The number of carbonyl (C=O) groups excluding carboxylic acids is 1. The molecule has 1 N–H and O–H groups in total. The highest BCUT2D eigenvalue weighted by atomic mass is 35.5. The van der Waals surface area contributed by atoms with Gasteiger partial charge < -0.3 is 10.0 Å². The van der Waals surface area contributed by atoms with Gasteiger partial charge in [0.2, 0.25) is 0 Å². The first-order chi connectivity index (χ1) is 8.20. The molecule has 1 aromatic heterocycles. The van der Waals surface area contributed by atoms with Gasteiger partial charge >= 0.3 is 0 Å². The van der Waals surface area contributed by atoms with Crippen LogP contribution in [0.3, 0.4) is 0 Å². The van der Waals surface area contributed by atoms with Crippen molar-refractivity contribution >= 4 is 17.5 Å². The Kier molecular flexibility index (Phi) is 3.97. The van der Waals surface area contributed by atoms with Gasteiger partial charge in [-0.25, -0.2) is 4.98 Å². The summed E-state index contributed by atoms with van der Waals surface area (Å²) in [6.45, 7) is 1.48. The van der Waals surface area contributed by atoms with Gasteiger partial charge in [-0.1, -0.05) is 11.6 Å². The molecule has 0 aliphatic carbocycles. The third-order valence-electron chi connectivity index (χ3n) is 3.01. The van der Waals surface area contributed by atoms with E-state index in [0.29, 0.717) is 17.3 Å². The van der Waals surface area contributed by atoms with Gasteiger partial charge in [0, 0.05) is 25.9 Å². The third-order valence-corrected chi connectivity index (χ3v) is 3.23. The highest BCUT2D eigenvalue weighted by molar-refractivity contribution is 6.30.